The molecule has 1 unspecified atom stereocenters. The minimum Gasteiger partial charge on any atom is -0.371 e. The van der Waals surface area contributed by atoms with Gasteiger partial charge in [-0.3, -0.25) is 0 Å². The van der Waals surface area contributed by atoms with Crippen LogP contribution >= 0.6 is 0 Å². The van der Waals surface area contributed by atoms with Gasteiger partial charge in [0.25, 0.3) is 0 Å². The standard InChI is InChI=1S/C10H21F3N2O/c1-9(4-6-15(2)3)14-5-7-16-8-10(11,12)13/h9,14H,4-8H2,1-3H3. The first-order valence-electron chi connectivity index (χ1n) is 5.34. The van der Waals surface area contributed by atoms with Gasteiger partial charge in [-0.05, 0) is 34.0 Å². The molecule has 1 N–H and O–H groups in total. The van der Waals surface area contributed by atoms with Gasteiger partial charge in [0.15, 0.2) is 0 Å². The number of hydrogen-bond acceptors (Lipinski definition) is 3. The maximum absolute atomic E-state index is 11.7. The van der Waals surface area contributed by atoms with E-state index in [0.29, 0.717) is 6.54 Å². The van der Waals surface area contributed by atoms with Crippen LogP contribution in [-0.2, 0) is 4.74 Å². The highest BCUT2D eigenvalue weighted by Crippen LogP contribution is 2.13. The predicted molar refractivity (Wildman–Crippen MR) is 57.5 cm³/mol. The zero-order valence-electron chi connectivity index (χ0n) is 10.1. The Labute approximate surface area is 94.9 Å². The third-order valence-electron chi connectivity index (χ3n) is 2.01. The number of hydrogen-bond donors (Lipinski definition) is 1. The summed E-state index contributed by atoms with van der Waals surface area (Å²) in [5.74, 6) is 0. The Morgan fingerprint density at radius 1 is 1.31 bits per heavy atom. The second-order valence-corrected chi connectivity index (χ2v) is 4.11. The Hall–Kier alpha value is -0.330. The van der Waals surface area contributed by atoms with Crippen molar-refractivity contribution in [3.05, 3.63) is 0 Å². The van der Waals surface area contributed by atoms with Gasteiger partial charge in [0, 0.05) is 12.6 Å². The Balaban J connectivity index is 3.31. The first-order chi connectivity index (χ1) is 7.31. The zero-order valence-corrected chi connectivity index (χ0v) is 10.1. The van der Waals surface area contributed by atoms with Crippen molar-refractivity contribution >= 4 is 0 Å². The molecular weight excluding hydrogens is 221 g/mol. The molecule has 0 saturated carbocycles. The van der Waals surface area contributed by atoms with Crippen LogP contribution in [0.15, 0.2) is 0 Å². The van der Waals surface area contributed by atoms with Crippen LogP contribution in [0, 0.1) is 0 Å². The fourth-order valence-corrected chi connectivity index (χ4v) is 1.12. The highest BCUT2D eigenvalue weighted by molar-refractivity contribution is 4.61. The summed E-state index contributed by atoms with van der Waals surface area (Å²) in [5.41, 5.74) is 0. The number of halogens is 3. The third kappa shape index (κ3) is 11.7. The summed E-state index contributed by atoms with van der Waals surface area (Å²) in [6, 6.07) is 0.289. The van der Waals surface area contributed by atoms with Crippen molar-refractivity contribution in [1.29, 1.82) is 0 Å². The Kier molecular flexibility index (Phi) is 7.70. The Morgan fingerprint density at radius 2 is 1.94 bits per heavy atom. The molecule has 0 spiro atoms. The summed E-state index contributed by atoms with van der Waals surface area (Å²) in [6.07, 6.45) is -3.26. The fraction of sp³-hybridized carbons (Fsp3) is 1.00. The van der Waals surface area contributed by atoms with Gasteiger partial charge >= 0.3 is 6.18 Å². The molecule has 0 aromatic carbocycles. The molecule has 16 heavy (non-hydrogen) atoms. The molecular formula is C10H21F3N2O. The van der Waals surface area contributed by atoms with Crippen LogP contribution in [0.4, 0.5) is 13.2 Å². The van der Waals surface area contributed by atoms with E-state index in [4.69, 9.17) is 0 Å². The first kappa shape index (κ1) is 15.7. The average molecular weight is 242 g/mol. The number of nitrogens with zero attached hydrogens (tertiary/aromatic N) is 1. The van der Waals surface area contributed by atoms with Crippen molar-refractivity contribution in [3.63, 3.8) is 0 Å². The van der Waals surface area contributed by atoms with E-state index in [1.165, 1.54) is 0 Å². The second-order valence-electron chi connectivity index (χ2n) is 4.11. The number of nitrogens with one attached hydrogen (secondary N) is 1. The summed E-state index contributed by atoms with van der Waals surface area (Å²) in [5, 5.41) is 3.11. The number of ether oxygens (including phenoxy) is 1. The van der Waals surface area contributed by atoms with Crippen LogP contribution in [0.5, 0.6) is 0 Å². The second kappa shape index (κ2) is 7.86. The molecule has 0 aromatic heterocycles. The zero-order chi connectivity index (χ0) is 12.6. The molecule has 0 radical (unpaired) electrons. The largest absolute Gasteiger partial charge is 0.411 e. The molecule has 0 fully saturated rings. The van der Waals surface area contributed by atoms with Gasteiger partial charge in [-0.25, -0.2) is 0 Å². The molecule has 3 nitrogen and oxygen atoms in total. The predicted octanol–water partition coefficient (Wildman–Crippen LogP) is 1.50. The van der Waals surface area contributed by atoms with Crippen LogP contribution in [-0.4, -0.2) is 57.5 Å². The lowest BCUT2D eigenvalue weighted by Gasteiger charge is -2.16. The van der Waals surface area contributed by atoms with Crippen molar-refractivity contribution < 1.29 is 17.9 Å². The van der Waals surface area contributed by atoms with Gasteiger partial charge in [-0.1, -0.05) is 0 Å². The molecule has 0 heterocycles. The number of rotatable bonds is 8. The fourth-order valence-electron chi connectivity index (χ4n) is 1.12. The van der Waals surface area contributed by atoms with E-state index in [-0.39, 0.29) is 12.6 Å². The third-order valence-corrected chi connectivity index (χ3v) is 2.01. The average Bonchev–Trinajstić information content (AvgIpc) is 2.12. The Bertz CT molecular complexity index is 174. The summed E-state index contributed by atoms with van der Waals surface area (Å²) in [7, 11) is 3.97. The molecule has 1 atom stereocenters. The molecule has 0 aromatic rings. The van der Waals surface area contributed by atoms with Crippen LogP contribution < -0.4 is 5.32 Å². The van der Waals surface area contributed by atoms with Gasteiger partial charge in [0.05, 0.1) is 6.61 Å². The van der Waals surface area contributed by atoms with Gasteiger partial charge < -0.3 is 15.0 Å². The van der Waals surface area contributed by atoms with Crippen LogP contribution in [0.3, 0.4) is 0 Å². The molecule has 0 amide bonds. The van der Waals surface area contributed by atoms with Crippen molar-refractivity contribution in [2.24, 2.45) is 0 Å². The monoisotopic (exact) mass is 242 g/mol. The molecule has 0 aliphatic carbocycles. The topological polar surface area (TPSA) is 24.5 Å². The maximum atomic E-state index is 11.7. The lowest BCUT2D eigenvalue weighted by Crippen LogP contribution is -2.33. The van der Waals surface area contributed by atoms with Crippen molar-refractivity contribution in [1.82, 2.24) is 10.2 Å². The SMILES string of the molecule is CC(CCN(C)C)NCCOCC(F)(F)F. The van der Waals surface area contributed by atoms with Gasteiger partial charge in [0.1, 0.15) is 6.61 Å². The van der Waals surface area contributed by atoms with Crippen molar-refractivity contribution in [2.75, 3.05) is 40.4 Å². The quantitative estimate of drug-likeness (QED) is 0.653. The highest BCUT2D eigenvalue weighted by atomic mass is 19.4. The molecule has 6 heteroatoms. The van der Waals surface area contributed by atoms with E-state index in [0.717, 1.165) is 13.0 Å². The van der Waals surface area contributed by atoms with E-state index in [1.807, 2.05) is 21.0 Å². The lowest BCUT2D eigenvalue weighted by molar-refractivity contribution is -0.173. The van der Waals surface area contributed by atoms with E-state index in [1.54, 1.807) is 0 Å². The van der Waals surface area contributed by atoms with Crippen LogP contribution in [0.2, 0.25) is 0 Å². The summed E-state index contributed by atoms with van der Waals surface area (Å²) < 4.78 is 39.6. The van der Waals surface area contributed by atoms with E-state index in [9.17, 15) is 13.2 Å². The van der Waals surface area contributed by atoms with Gasteiger partial charge in [-0.15, -0.1) is 0 Å². The highest BCUT2D eigenvalue weighted by Gasteiger charge is 2.27. The first-order valence-corrected chi connectivity index (χ1v) is 5.34. The molecule has 98 valence electrons. The maximum Gasteiger partial charge on any atom is 0.411 e. The number of alkyl halides is 3. The minimum absolute atomic E-state index is 0.0891. The van der Waals surface area contributed by atoms with Crippen molar-refractivity contribution in [3.8, 4) is 0 Å². The van der Waals surface area contributed by atoms with Crippen molar-refractivity contribution in [2.45, 2.75) is 25.6 Å². The van der Waals surface area contributed by atoms with Gasteiger partial charge in [-0.2, -0.15) is 13.2 Å². The van der Waals surface area contributed by atoms with Crippen LogP contribution in [0.1, 0.15) is 13.3 Å². The summed E-state index contributed by atoms with van der Waals surface area (Å²) >= 11 is 0. The van der Waals surface area contributed by atoms with E-state index < -0.39 is 12.8 Å². The molecule has 0 aliphatic heterocycles. The van der Waals surface area contributed by atoms with Crippen LogP contribution in [0.25, 0.3) is 0 Å². The minimum atomic E-state index is -4.23. The lowest BCUT2D eigenvalue weighted by atomic mass is 10.2. The molecule has 0 aliphatic rings. The molecule has 0 rings (SSSR count). The smallest absolute Gasteiger partial charge is 0.371 e. The normalized spacial score (nSPS) is 14.4. The molecule has 0 bridgehead atoms. The van der Waals surface area contributed by atoms with E-state index in [2.05, 4.69) is 15.0 Å². The van der Waals surface area contributed by atoms with Gasteiger partial charge in [0.2, 0.25) is 0 Å². The summed E-state index contributed by atoms with van der Waals surface area (Å²) in [6.45, 7) is 2.34. The molecule has 0 saturated heterocycles. The van der Waals surface area contributed by atoms with E-state index >= 15 is 0 Å². The Morgan fingerprint density at radius 3 is 2.44 bits per heavy atom. The summed E-state index contributed by atoms with van der Waals surface area (Å²) in [4.78, 5) is 2.07.